The van der Waals surface area contributed by atoms with Gasteiger partial charge in [-0.15, -0.1) is 0 Å². The summed E-state index contributed by atoms with van der Waals surface area (Å²) in [4.78, 5) is 13.6. The molecule has 0 unspecified atom stereocenters. The third kappa shape index (κ3) is 1.84. The van der Waals surface area contributed by atoms with Gasteiger partial charge in [-0.05, 0) is 0 Å². The molecule has 6 heteroatoms. The Hall–Kier alpha value is -1.17. The summed E-state index contributed by atoms with van der Waals surface area (Å²) in [5, 5.41) is 6.36. The maximum absolute atomic E-state index is 11.8. The second kappa shape index (κ2) is 3.91. The molecule has 0 aromatic carbocycles. The quantitative estimate of drug-likeness (QED) is 0.696. The zero-order valence-corrected chi connectivity index (χ0v) is 8.51. The molecule has 1 aliphatic heterocycles. The van der Waals surface area contributed by atoms with Gasteiger partial charge in [-0.1, -0.05) is 0 Å². The molecule has 0 saturated carbocycles. The van der Waals surface area contributed by atoms with E-state index in [2.05, 4.69) is 10.2 Å². The van der Waals surface area contributed by atoms with E-state index in [1.54, 1.807) is 6.07 Å². The summed E-state index contributed by atoms with van der Waals surface area (Å²) >= 11 is 1.87. The summed E-state index contributed by atoms with van der Waals surface area (Å²) in [5.74, 6) is 2.37. The van der Waals surface area contributed by atoms with Crippen LogP contribution in [0, 0.1) is 0 Å². The number of carbonyl (C=O) groups excluding carboxylic acids is 1. The normalized spacial score (nSPS) is 17.0. The van der Waals surface area contributed by atoms with Gasteiger partial charge in [-0.25, -0.2) is 0 Å². The smallest absolute Gasteiger partial charge is 0.271 e. The van der Waals surface area contributed by atoms with Crippen molar-refractivity contribution in [1.29, 1.82) is 0 Å². The van der Waals surface area contributed by atoms with E-state index in [9.17, 15) is 4.79 Å². The zero-order chi connectivity index (χ0) is 9.97. The number of anilines is 1. The van der Waals surface area contributed by atoms with Crippen LogP contribution in [-0.2, 0) is 0 Å². The van der Waals surface area contributed by atoms with Crippen molar-refractivity contribution in [2.24, 2.45) is 0 Å². The highest BCUT2D eigenvalue weighted by Gasteiger charge is 2.19. The number of hydrogen-bond acceptors (Lipinski definition) is 4. The molecule has 1 fully saturated rings. The molecule has 14 heavy (non-hydrogen) atoms. The average Bonchev–Trinajstić information content (AvgIpc) is 2.65. The van der Waals surface area contributed by atoms with E-state index in [0.29, 0.717) is 11.5 Å². The van der Waals surface area contributed by atoms with Crippen molar-refractivity contribution in [3.8, 4) is 0 Å². The number of nitrogens with one attached hydrogen (secondary N) is 1. The van der Waals surface area contributed by atoms with Crippen LogP contribution in [0.2, 0.25) is 0 Å². The van der Waals surface area contributed by atoms with E-state index in [-0.39, 0.29) is 5.91 Å². The van der Waals surface area contributed by atoms with Crippen molar-refractivity contribution in [1.82, 2.24) is 15.1 Å². The van der Waals surface area contributed by atoms with E-state index >= 15 is 0 Å². The number of amides is 1. The minimum absolute atomic E-state index is 0.00509. The molecule has 1 aromatic heterocycles. The van der Waals surface area contributed by atoms with E-state index in [1.807, 2.05) is 16.7 Å². The Morgan fingerprint density at radius 1 is 1.57 bits per heavy atom. The summed E-state index contributed by atoms with van der Waals surface area (Å²) < 4.78 is 0. The monoisotopic (exact) mass is 212 g/mol. The van der Waals surface area contributed by atoms with E-state index < -0.39 is 0 Å². The van der Waals surface area contributed by atoms with Gasteiger partial charge in [0.05, 0.1) is 0 Å². The Labute approximate surface area is 86.0 Å². The van der Waals surface area contributed by atoms with Gasteiger partial charge in [0.1, 0.15) is 11.5 Å². The number of H-pyrrole nitrogens is 1. The Kier molecular flexibility index (Phi) is 2.62. The van der Waals surface area contributed by atoms with Crippen LogP contribution in [0.4, 0.5) is 5.82 Å². The van der Waals surface area contributed by atoms with Crippen molar-refractivity contribution in [2.45, 2.75) is 0 Å². The second-order valence-electron chi connectivity index (χ2n) is 3.11. The van der Waals surface area contributed by atoms with E-state index in [1.165, 1.54) is 0 Å². The minimum Gasteiger partial charge on any atom is -0.382 e. The zero-order valence-electron chi connectivity index (χ0n) is 7.69. The molecule has 1 amide bonds. The van der Waals surface area contributed by atoms with Crippen molar-refractivity contribution in [3.05, 3.63) is 11.8 Å². The van der Waals surface area contributed by atoms with Gasteiger partial charge in [0, 0.05) is 30.7 Å². The van der Waals surface area contributed by atoms with Gasteiger partial charge in [0.25, 0.3) is 5.91 Å². The topological polar surface area (TPSA) is 75.0 Å². The molecule has 76 valence electrons. The minimum atomic E-state index is -0.00509. The number of carbonyl (C=O) groups is 1. The molecule has 2 heterocycles. The second-order valence-corrected chi connectivity index (χ2v) is 4.34. The van der Waals surface area contributed by atoms with Crippen molar-refractivity contribution in [2.75, 3.05) is 30.3 Å². The Balaban J connectivity index is 2.07. The highest BCUT2D eigenvalue weighted by Crippen LogP contribution is 2.12. The van der Waals surface area contributed by atoms with Crippen LogP contribution in [0.1, 0.15) is 10.5 Å². The lowest BCUT2D eigenvalue weighted by molar-refractivity contribution is 0.0766. The maximum atomic E-state index is 11.8. The first-order valence-electron chi connectivity index (χ1n) is 4.45. The molecule has 0 radical (unpaired) electrons. The van der Waals surface area contributed by atoms with E-state index in [4.69, 9.17) is 5.73 Å². The molecule has 5 nitrogen and oxygen atoms in total. The van der Waals surface area contributed by atoms with Crippen LogP contribution in [0.5, 0.6) is 0 Å². The summed E-state index contributed by atoms with van der Waals surface area (Å²) in [5.41, 5.74) is 5.91. The Morgan fingerprint density at radius 2 is 2.29 bits per heavy atom. The lowest BCUT2D eigenvalue weighted by Crippen LogP contribution is -2.38. The van der Waals surface area contributed by atoms with E-state index in [0.717, 1.165) is 24.6 Å². The average molecular weight is 212 g/mol. The maximum Gasteiger partial charge on any atom is 0.271 e. The standard InChI is InChI=1S/C8H12N4OS/c9-7-5-6(10-11-7)8(13)12-1-3-14-4-2-12/h5H,1-4H2,(H3,9,10,11). The number of aromatic amines is 1. The molecular formula is C8H12N4OS. The lowest BCUT2D eigenvalue weighted by Gasteiger charge is -2.25. The Bertz CT molecular complexity index is 332. The van der Waals surface area contributed by atoms with Crippen LogP contribution >= 0.6 is 11.8 Å². The molecule has 2 rings (SSSR count). The highest BCUT2D eigenvalue weighted by atomic mass is 32.2. The largest absolute Gasteiger partial charge is 0.382 e. The van der Waals surface area contributed by atoms with Gasteiger partial charge in [-0.2, -0.15) is 16.9 Å². The van der Waals surface area contributed by atoms with Gasteiger partial charge in [0.15, 0.2) is 0 Å². The molecule has 0 spiro atoms. The summed E-state index contributed by atoms with van der Waals surface area (Å²) in [6, 6.07) is 1.57. The predicted octanol–water partition coefficient (Wildman–Crippen LogP) is 0.181. The highest BCUT2D eigenvalue weighted by molar-refractivity contribution is 7.99. The summed E-state index contributed by atoms with van der Waals surface area (Å²) in [7, 11) is 0. The molecule has 0 atom stereocenters. The molecular weight excluding hydrogens is 200 g/mol. The van der Waals surface area contributed by atoms with Crippen molar-refractivity contribution in [3.63, 3.8) is 0 Å². The first-order chi connectivity index (χ1) is 6.77. The molecule has 1 saturated heterocycles. The fraction of sp³-hybridized carbons (Fsp3) is 0.500. The van der Waals surface area contributed by atoms with Gasteiger partial charge in [-0.3, -0.25) is 9.89 Å². The number of nitrogen functional groups attached to an aromatic ring is 1. The molecule has 0 aliphatic carbocycles. The molecule has 0 bridgehead atoms. The van der Waals surface area contributed by atoms with Crippen molar-refractivity contribution >= 4 is 23.5 Å². The van der Waals surface area contributed by atoms with Gasteiger partial charge >= 0.3 is 0 Å². The summed E-state index contributed by atoms with van der Waals surface area (Å²) in [6.07, 6.45) is 0. The third-order valence-electron chi connectivity index (χ3n) is 2.13. The van der Waals surface area contributed by atoms with Crippen LogP contribution in [-0.4, -0.2) is 45.6 Å². The van der Waals surface area contributed by atoms with Crippen LogP contribution in [0.3, 0.4) is 0 Å². The number of hydrogen-bond donors (Lipinski definition) is 2. The number of rotatable bonds is 1. The first kappa shape index (κ1) is 9.39. The predicted molar refractivity (Wildman–Crippen MR) is 56.2 cm³/mol. The van der Waals surface area contributed by atoms with Gasteiger partial charge in [0.2, 0.25) is 0 Å². The SMILES string of the molecule is Nc1cc(C(=O)N2CCSCC2)[nH]n1. The first-order valence-corrected chi connectivity index (χ1v) is 5.61. The number of aromatic nitrogens is 2. The third-order valence-corrected chi connectivity index (χ3v) is 3.07. The summed E-state index contributed by atoms with van der Waals surface area (Å²) in [6.45, 7) is 1.62. The van der Waals surface area contributed by atoms with Crippen LogP contribution in [0.25, 0.3) is 0 Å². The molecule has 1 aliphatic rings. The molecule has 3 N–H and O–H groups in total. The number of nitrogens with two attached hydrogens (primary N) is 1. The fourth-order valence-corrected chi connectivity index (χ4v) is 2.29. The van der Waals surface area contributed by atoms with Crippen LogP contribution < -0.4 is 5.73 Å². The van der Waals surface area contributed by atoms with Crippen molar-refractivity contribution < 1.29 is 4.79 Å². The lowest BCUT2D eigenvalue weighted by atomic mass is 10.3. The Morgan fingerprint density at radius 3 is 2.86 bits per heavy atom. The van der Waals surface area contributed by atoms with Crippen LogP contribution in [0.15, 0.2) is 6.07 Å². The number of thioether (sulfide) groups is 1. The molecule has 1 aromatic rings. The number of nitrogens with zero attached hydrogens (tertiary/aromatic N) is 2. The van der Waals surface area contributed by atoms with Gasteiger partial charge < -0.3 is 10.6 Å². The fourth-order valence-electron chi connectivity index (χ4n) is 1.38.